The molecule has 1 aromatic heterocycles. The van der Waals surface area contributed by atoms with Gasteiger partial charge >= 0.3 is 0 Å². The number of hydrogen-bond acceptors (Lipinski definition) is 6. The minimum absolute atomic E-state index is 0.222. The predicted octanol–water partition coefficient (Wildman–Crippen LogP) is -0.917. The highest BCUT2D eigenvalue weighted by atomic mass is 16.5. The average molecular weight is 280 g/mol. The maximum Gasteiger partial charge on any atom is 0.0997 e. The van der Waals surface area contributed by atoms with Crippen molar-refractivity contribution in [2.45, 2.75) is 19.1 Å². The van der Waals surface area contributed by atoms with Gasteiger partial charge in [0.1, 0.15) is 0 Å². The molecule has 2 aliphatic heterocycles. The lowest BCUT2D eigenvalue weighted by Gasteiger charge is -2.32. The molecule has 0 saturated carbocycles. The van der Waals surface area contributed by atoms with E-state index in [0.29, 0.717) is 0 Å². The van der Waals surface area contributed by atoms with E-state index in [-0.39, 0.29) is 6.10 Å². The Morgan fingerprint density at radius 3 is 2.75 bits per heavy atom. The SMILES string of the molecule is CN1CCN(Cc2n[nH]nc2CC2CNCCO2)CC1. The molecule has 0 radical (unpaired) electrons. The van der Waals surface area contributed by atoms with E-state index in [1.165, 1.54) is 0 Å². The van der Waals surface area contributed by atoms with Crippen LogP contribution < -0.4 is 5.32 Å². The second kappa shape index (κ2) is 6.62. The van der Waals surface area contributed by atoms with Crippen molar-refractivity contribution < 1.29 is 4.74 Å². The molecule has 1 aromatic rings. The van der Waals surface area contributed by atoms with Crippen LogP contribution in [0.2, 0.25) is 0 Å². The summed E-state index contributed by atoms with van der Waals surface area (Å²) in [6.07, 6.45) is 1.06. The zero-order chi connectivity index (χ0) is 13.8. The molecule has 2 saturated heterocycles. The van der Waals surface area contributed by atoms with Gasteiger partial charge in [-0.25, -0.2) is 0 Å². The van der Waals surface area contributed by atoms with Gasteiger partial charge in [-0.2, -0.15) is 15.4 Å². The van der Waals surface area contributed by atoms with Crippen LogP contribution in [0.25, 0.3) is 0 Å². The average Bonchev–Trinajstić information content (AvgIpc) is 2.90. The molecule has 3 rings (SSSR count). The number of nitrogens with zero attached hydrogens (tertiary/aromatic N) is 4. The Balaban J connectivity index is 1.55. The van der Waals surface area contributed by atoms with Crippen molar-refractivity contribution in [1.82, 2.24) is 30.5 Å². The number of morpholine rings is 1. The molecular weight excluding hydrogens is 256 g/mol. The van der Waals surface area contributed by atoms with Crippen LogP contribution in [0, 0.1) is 0 Å². The third-order valence-electron chi connectivity index (χ3n) is 4.10. The molecule has 2 N–H and O–H groups in total. The highest BCUT2D eigenvalue weighted by molar-refractivity contribution is 5.10. The fraction of sp³-hybridized carbons (Fsp3) is 0.846. The van der Waals surface area contributed by atoms with Gasteiger partial charge in [-0.3, -0.25) is 4.90 Å². The fourth-order valence-corrected chi connectivity index (χ4v) is 2.75. The van der Waals surface area contributed by atoms with Crippen molar-refractivity contribution in [1.29, 1.82) is 0 Å². The van der Waals surface area contributed by atoms with E-state index in [4.69, 9.17) is 4.74 Å². The van der Waals surface area contributed by atoms with Gasteiger partial charge in [0.15, 0.2) is 0 Å². The molecule has 7 nitrogen and oxygen atoms in total. The number of H-pyrrole nitrogens is 1. The van der Waals surface area contributed by atoms with E-state index >= 15 is 0 Å². The summed E-state index contributed by atoms with van der Waals surface area (Å²) in [4.78, 5) is 4.81. The first kappa shape index (κ1) is 13.9. The van der Waals surface area contributed by atoms with Gasteiger partial charge in [0.2, 0.25) is 0 Å². The molecule has 0 amide bonds. The zero-order valence-corrected chi connectivity index (χ0v) is 12.1. The summed E-state index contributed by atoms with van der Waals surface area (Å²) in [6, 6.07) is 0. The molecule has 0 aromatic carbocycles. The van der Waals surface area contributed by atoms with Crippen molar-refractivity contribution in [2.75, 3.05) is 52.9 Å². The summed E-state index contributed by atoms with van der Waals surface area (Å²) in [7, 11) is 2.17. The summed E-state index contributed by atoms with van der Waals surface area (Å²) in [6.45, 7) is 7.99. The predicted molar refractivity (Wildman–Crippen MR) is 75.5 cm³/mol. The molecule has 0 aliphatic carbocycles. The van der Waals surface area contributed by atoms with Crippen LogP contribution in [-0.2, 0) is 17.7 Å². The highest BCUT2D eigenvalue weighted by Crippen LogP contribution is 2.12. The van der Waals surface area contributed by atoms with Crippen LogP contribution in [0.1, 0.15) is 11.4 Å². The number of piperazine rings is 1. The van der Waals surface area contributed by atoms with E-state index in [1.807, 2.05) is 0 Å². The van der Waals surface area contributed by atoms with E-state index < -0.39 is 0 Å². The van der Waals surface area contributed by atoms with Crippen LogP contribution in [0.4, 0.5) is 0 Å². The molecule has 0 bridgehead atoms. The standard InChI is InChI=1S/C13H24N6O/c1-18-3-5-19(6-4-18)10-13-12(15-17-16-13)8-11-9-14-2-7-20-11/h11,14H,2-10H2,1H3,(H,15,16,17). The topological polar surface area (TPSA) is 69.3 Å². The van der Waals surface area contributed by atoms with E-state index in [2.05, 4.69) is 37.6 Å². The number of nitrogens with one attached hydrogen (secondary N) is 2. The molecule has 1 unspecified atom stereocenters. The van der Waals surface area contributed by atoms with Gasteiger partial charge in [-0.15, -0.1) is 0 Å². The van der Waals surface area contributed by atoms with Crippen LogP contribution in [0.3, 0.4) is 0 Å². The minimum Gasteiger partial charge on any atom is -0.375 e. The molecule has 2 aliphatic rings. The monoisotopic (exact) mass is 280 g/mol. The van der Waals surface area contributed by atoms with Gasteiger partial charge in [0.25, 0.3) is 0 Å². The Labute approximate surface area is 119 Å². The van der Waals surface area contributed by atoms with Gasteiger partial charge in [-0.1, -0.05) is 0 Å². The first-order valence-corrected chi connectivity index (χ1v) is 7.43. The van der Waals surface area contributed by atoms with E-state index in [1.54, 1.807) is 0 Å². The lowest BCUT2D eigenvalue weighted by atomic mass is 10.1. The van der Waals surface area contributed by atoms with Crippen LogP contribution >= 0.6 is 0 Å². The van der Waals surface area contributed by atoms with Gasteiger partial charge < -0.3 is 15.0 Å². The Hall–Kier alpha value is -1.02. The summed E-state index contributed by atoms with van der Waals surface area (Å²) >= 11 is 0. The van der Waals surface area contributed by atoms with Crippen molar-refractivity contribution in [3.05, 3.63) is 11.4 Å². The quantitative estimate of drug-likeness (QED) is 0.744. The normalized spacial score (nSPS) is 25.9. The van der Waals surface area contributed by atoms with Crippen molar-refractivity contribution in [3.8, 4) is 0 Å². The van der Waals surface area contributed by atoms with Crippen LogP contribution in [0.15, 0.2) is 0 Å². The third kappa shape index (κ3) is 3.54. The number of aromatic amines is 1. The molecule has 2 fully saturated rings. The van der Waals surface area contributed by atoms with E-state index in [9.17, 15) is 0 Å². The maximum atomic E-state index is 5.75. The number of hydrogen-bond donors (Lipinski definition) is 2. The van der Waals surface area contributed by atoms with Crippen molar-refractivity contribution >= 4 is 0 Å². The van der Waals surface area contributed by atoms with Gasteiger partial charge in [-0.05, 0) is 7.05 Å². The first-order valence-electron chi connectivity index (χ1n) is 7.43. The Kier molecular flexibility index (Phi) is 4.62. The Morgan fingerprint density at radius 1 is 1.20 bits per heavy atom. The molecule has 3 heterocycles. The lowest BCUT2D eigenvalue weighted by molar-refractivity contribution is 0.0284. The summed E-state index contributed by atoms with van der Waals surface area (Å²) in [5, 5.41) is 14.8. The Bertz CT molecular complexity index is 409. The Morgan fingerprint density at radius 2 is 2.00 bits per heavy atom. The fourth-order valence-electron chi connectivity index (χ4n) is 2.75. The second-order valence-electron chi connectivity index (χ2n) is 5.70. The second-order valence-corrected chi connectivity index (χ2v) is 5.70. The lowest BCUT2D eigenvalue weighted by Crippen LogP contribution is -2.44. The smallest absolute Gasteiger partial charge is 0.0997 e. The van der Waals surface area contributed by atoms with E-state index in [0.717, 1.165) is 70.2 Å². The largest absolute Gasteiger partial charge is 0.375 e. The number of ether oxygens (including phenoxy) is 1. The molecular formula is C13H24N6O. The minimum atomic E-state index is 0.222. The highest BCUT2D eigenvalue weighted by Gasteiger charge is 2.21. The van der Waals surface area contributed by atoms with Gasteiger partial charge in [0, 0.05) is 52.2 Å². The summed E-state index contributed by atoms with van der Waals surface area (Å²) in [5.41, 5.74) is 2.13. The maximum absolute atomic E-state index is 5.75. The zero-order valence-electron chi connectivity index (χ0n) is 12.1. The van der Waals surface area contributed by atoms with Gasteiger partial charge in [0.05, 0.1) is 24.1 Å². The number of rotatable bonds is 4. The first-order chi connectivity index (χ1) is 9.81. The molecule has 112 valence electrons. The third-order valence-corrected chi connectivity index (χ3v) is 4.10. The van der Waals surface area contributed by atoms with Crippen LogP contribution in [-0.4, -0.2) is 84.2 Å². The molecule has 1 atom stereocenters. The summed E-state index contributed by atoms with van der Waals surface area (Å²) in [5.74, 6) is 0. The van der Waals surface area contributed by atoms with Crippen molar-refractivity contribution in [2.24, 2.45) is 0 Å². The van der Waals surface area contributed by atoms with Crippen LogP contribution in [0.5, 0.6) is 0 Å². The molecule has 20 heavy (non-hydrogen) atoms. The molecule has 7 heteroatoms. The number of likely N-dealkylation sites (N-methyl/N-ethyl adjacent to an activating group) is 1. The summed E-state index contributed by atoms with van der Waals surface area (Å²) < 4.78 is 5.75. The van der Waals surface area contributed by atoms with Crippen molar-refractivity contribution in [3.63, 3.8) is 0 Å². The number of aromatic nitrogens is 3. The molecule has 0 spiro atoms.